The summed E-state index contributed by atoms with van der Waals surface area (Å²) in [5.74, 6) is 0.944. The number of rotatable bonds is 5. The van der Waals surface area contributed by atoms with Crippen molar-refractivity contribution >= 4 is 0 Å². The van der Waals surface area contributed by atoms with Crippen molar-refractivity contribution < 1.29 is 4.74 Å². The van der Waals surface area contributed by atoms with E-state index in [4.69, 9.17) is 4.74 Å². The summed E-state index contributed by atoms with van der Waals surface area (Å²) in [7, 11) is 3.72. The van der Waals surface area contributed by atoms with Crippen LogP contribution in [0, 0.1) is 20.8 Å². The maximum Gasteiger partial charge on any atom is 0.128 e. The Balaban J connectivity index is 2.34. The van der Waals surface area contributed by atoms with Crippen LogP contribution in [0.25, 0.3) is 0 Å². The van der Waals surface area contributed by atoms with E-state index in [1.54, 1.807) is 7.11 Å². The fourth-order valence-electron chi connectivity index (χ4n) is 2.82. The fourth-order valence-corrected chi connectivity index (χ4v) is 2.82. The molecule has 0 fully saturated rings. The standard InChI is InChI=1S/C18H24N2O/c1-12-8-6-7-9-15(12)17(19-4)10-16-14(3)18(21-5)13(2)11-20-16/h6-9,11,17,19H,10H2,1-5H3. The monoisotopic (exact) mass is 284 g/mol. The highest BCUT2D eigenvalue weighted by Crippen LogP contribution is 2.28. The number of methoxy groups -OCH3 is 1. The van der Waals surface area contributed by atoms with Gasteiger partial charge in [0, 0.05) is 35.5 Å². The fraction of sp³-hybridized carbons (Fsp3) is 0.389. The molecule has 2 aromatic rings. The van der Waals surface area contributed by atoms with Crippen LogP contribution in [0.15, 0.2) is 30.5 Å². The van der Waals surface area contributed by atoms with Crippen LogP contribution < -0.4 is 10.1 Å². The smallest absolute Gasteiger partial charge is 0.128 e. The number of aryl methyl sites for hydroxylation is 2. The molecule has 0 saturated carbocycles. The average molecular weight is 284 g/mol. The van der Waals surface area contributed by atoms with Gasteiger partial charge < -0.3 is 10.1 Å². The molecule has 1 aromatic heterocycles. The first-order valence-electron chi connectivity index (χ1n) is 7.30. The second kappa shape index (κ2) is 6.72. The summed E-state index contributed by atoms with van der Waals surface area (Å²) in [6, 6.07) is 8.74. The van der Waals surface area contributed by atoms with Gasteiger partial charge >= 0.3 is 0 Å². The van der Waals surface area contributed by atoms with Gasteiger partial charge in [-0.05, 0) is 38.9 Å². The summed E-state index contributed by atoms with van der Waals surface area (Å²) >= 11 is 0. The van der Waals surface area contributed by atoms with Crippen molar-refractivity contribution in [2.75, 3.05) is 14.2 Å². The van der Waals surface area contributed by atoms with E-state index in [1.165, 1.54) is 11.1 Å². The van der Waals surface area contributed by atoms with Crippen LogP contribution in [0.4, 0.5) is 0 Å². The Morgan fingerprint density at radius 2 is 1.86 bits per heavy atom. The predicted octanol–water partition coefficient (Wildman–Crippen LogP) is 3.52. The van der Waals surface area contributed by atoms with Crippen LogP contribution in [-0.4, -0.2) is 19.1 Å². The molecule has 21 heavy (non-hydrogen) atoms. The van der Waals surface area contributed by atoms with Crippen molar-refractivity contribution in [2.45, 2.75) is 33.2 Å². The molecule has 0 saturated heterocycles. The van der Waals surface area contributed by atoms with E-state index >= 15 is 0 Å². The minimum atomic E-state index is 0.254. The van der Waals surface area contributed by atoms with Gasteiger partial charge in [-0.15, -0.1) is 0 Å². The first-order valence-corrected chi connectivity index (χ1v) is 7.30. The van der Waals surface area contributed by atoms with Crippen LogP contribution >= 0.6 is 0 Å². The molecule has 0 aliphatic rings. The molecule has 1 heterocycles. The average Bonchev–Trinajstić information content (AvgIpc) is 2.48. The first-order chi connectivity index (χ1) is 10.1. The normalized spacial score (nSPS) is 12.2. The molecule has 0 spiro atoms. The molecule has 0 amide bonds. The number of benzene rings is 1. The summed E-state index contributed by atoms with van der Waals surface area (Å²) in [5.41, 5.74) is 5.91. The zero-order valence-electron chi connectivity index (χ0n) is 13.5. The van der Waals surface area contributed by atoms with Gasteiger partial charge in [0.2, 0.25) is 0 Å². The van der Waals surface area contributed by atoms with Gasteiger partial charge in [0.05, 0.1) is 7.11 Å². The van der Waals surface area contributed by atoms with E-state index in [0.29, 0.717) is 0 Å². The van der Waals surface area contributed by atoms with Crippen LogP contribution in [0.2, 0.25) is 0 Å². The number of nitrogens with one attached hydrogen (secondary N) is 1. The highest BCUT2D eigenvalue weighted by Gasteiger charge is 2.16. The number of hydrogen-bond donors (Lipinski definition) is 1. The van der Waals surface area contributed by atoms with E-state index in [-0.39, 0.29) is 6.04 Å². The van der Waals surface area contributed by atoms with Crippen molar-refractivity contribution in [1.29, 1.82) is 0 Å². The number of aromatic nitrogens is 1. The van der Waals surface area contributed by atoms with Gasteiger partial charge in [-0.1, -0.05) is 24.3 Å². The third-order valence-electron chi connectivity index (χ3n) is 4.06. The number of ether oxygens (including phenoxy) is 1. The highest BCUT2D eigenvalue weighted by molar-refractivity contribution is 5.42. The second-order valence-corrected chi connectivity index (χ2v) is 5.45. The third kappa shape index (κ3) is 3.24. The molecule has 1 unspecified atom stereocenters. The van der Waals surface area contributed by atoms with Gasteiger partial charge in [-0.3, -0.25) is 4.98 Å². The van der Waals surface area contributed by atoms with Crippen LogP contribution in [0.1, 0.15) is 34.0 Å². The second-order valence-electron chi connectivity index (χ2n) is 5.45. The Morgan fingerprint density at radius 3 is 2.48 bits per heavy atom. The van der Waals surface area contributed by atoms with Crippen LogP contribution in [0.5, 0.6) is 5.75 Å². The molecule has 2 rings (SSSR count). The molecule has 0 aliphatic heterocycles. The van der Waals surface area contributed by atoms with Crippen LogP contribution in [0.3, 0.4) is 0 Å². The minimum Gasteiger partial charge on any atom is -0.496 e. The van der Waals surface area contributed by atoms with Gasteiger partial charge in [0.1, 0.15) is 5.75 Å². The van der Waals surface area contributed by atoms with Crippen molar-refractivity contribution in [3.8, 4) is 5.75 Å². The summed E-state index contributed by atoms with van der Waals surface area (Å²) in [6.07, 6.45) is 2.75. The van der Waals surface area contributed by atoms with Crippen LogP contribution in [-0.2, 0) is 6.42 Å². The summed E-state index contributed by atoms with van der Waals surface area (Å²) in [5, 5.41) is 3.41. The molecule has 3 heteroatoms. The van der Waals surface area contributed by atoms with Crippen molar-refractivity contribution in [1.82, 2.24) is 10.3 Å². The molecule has 1 atom stereocenters. The minimum absolute atomic E-state index is 0.254. The van der Waals surface area contributed by atoms with Gasteiger partial charge in [0.15, 0.2) is 0 Å². The molecule has 3 nitrogen and oxygen atoms in total. The number of likely N-dealkylation sites (N-methyl/N-ethyl adjacent to an activating group) is 1. The Hall–Kier alpha value is -1.87. The number of pyridine rings is 1. The van der Waals surface area contributed by atoms with E-state index in [0.717, 1.165) is 29.0 Å². The maximum atomic E-state index is 5.50. The van der Waals surface area contributed by atoms with E-state index < -0.39 is 0 Å². The topological polar surface area (TPSA) is 34.2 Å². The Labute approximate surface area is 127 Å². The molecule has 1 N–H and O–H groups in total. The first kappa shape index (κ1) is 15.5. The summed E-state index contributed by atoms with van der Waals surface area (Å²) in [6.45, 7) is 6.26. The van der Waals surface area contributed by atoms with E-state index in [2.05, 4.69) is 48.4 Å². The van der Waals surface area contributed by atoms with Crippen molar-refractivity contribution in [2.24, 2.45) is 0 Å². The van der Waals surface area contributed by atoms with Gasteiger partial charge in [-0.25, -0.2) is 0 Å². The lowest BCUT2D eigenvalue weighted by molar-refractivity contribution is 0.406. The van der Waals surface area contributed by atoms with E-state index in [1.807, 2.05) is 20.2 Å². The third-order valence-corrected chi connectivity index (χ3v) is 4.06. The molecule has 0 bridgehead atoms. The number of hydrogen-bond acceptors (Lipinski definition) is 3. The Kier molecular flexibility index (Phi) is 4.97. The lowest BCUT2D eigenvalue weighted by atomic mass is 9.95. The predicted molar refractivity (Wildman–Crippen MR) is 86.9 cm³/mol. The largest absolute Gasteiger partial charge is 0.496 e. The van der Waals surface area contributed by atoms with E-state index in [9.17, 15) is 0 Å². The summed E-state index contributed by atoms with van der Waals surface area (Å²) < 4.78 is 5.50. The molecular weight excluding hydrogens is 260 g/mol. The maximum absolute atomic E-state index is 5.50. The lowest BCUT2D eigenvalue weighted by Crippen LogP contribution is -2.21. The zero-order valence-corrected chi connectivity index (χ0v) is 13.5. The van der Waals surface area contributed by atoms with Gasteiger partial charge in [0.25, 0.3) is 0 Å². The molecule has 1 aromatic carbocycles. The molecule has 0 aliphatic carbocycles. The Morgan fingerprint density at radius 1 is 1.14 bits per heavy atom. The number of nitrogens with zero attached hydrogens (tertiary/aromatic N) is 1. The Bertz CT molecular complexity index is 623. The highest BCUT2D eigenvalue weighted by atomic mass is 16.5. The van der Waals surface area contributed by atoms with Crippen molar-refractivity contribution in [3.05, 3.63) is 58.4 Å². The molecule has 0 radical (unpaired) electrons. The van der Waals surface area contributed by atoms with Gasteiger partial charge in [-0.2, -0.15) is 0 Å². The molecule has 112 valence electrons. The quantitative estimate of drug-likeness (QED) is 0.912. The summed E-state index contributed by atoms with van der Waals surface area (Å²) in [4.78, 5) is 4.61. The zero-order chi connectivity index (χ0) is 15.4. The lowest BCUT2D eigenvalue weighted by Gasteiger charge is -2.20. The van der Waals surface area contributed by atoms with Crippen molar-refractivity contribution in [3.63, 3.8) is 0 Å². The SMILES string of the molecule is CNC(Cc1ncc(C)c(OC)c1C)c1ccccc1C. The molecular formula is C18H24N2O.